The zero-order valence-corrected chi connectivity index (χ0v) is 28.6. The monoisotopic (exact) mass is 662 g/mol. The lowest BCUT2D eigenvalue weighted by atomic mass is 10.0. The van der Waals surface area contributed by atoms with Crippen LogP contribution >= 0.6 is 0 Å². The summed E-state index contributed by atoms with van der Waals surface area (Å²) in [4.78, 5) is 37.9. The van der Waals surface area contributed by atoms with Crippen molar-refractivity contribution in [3.8, 4) is 22.7 Å². The first-order valence-corrected chi connectivity index (χ1v) is 17.7. The first-order valence-electron chi connectivity index (χ1n) is 15.8. The van der Waals surface area contributed by atoms with E-state index in [0.717, 1.165) is 16.4 Å². The smallest absolute Gasteiger partial charge is 0.334 e. The van der Waals surface area contributed by atoms with E-state index in [1.165, 1.54) is 16.7 Å². The molecule has 6 rings (SSSR count). The van der Waals surface area contributed by atoms with Gasteiger partial charge in [-0.15, -0.1) is 0 Å². The van der Waals surface area contributed by atoms with Crippen molar-refractivity contribution in [3.63, 3.8) is 0 Å². The maximum absolute atomic E-state index is 16.3. The number of aromatic amines is 1. The van der Waals surface area contributed by atoms with Crippen LogP contribution in [0.4, 0.5) is 8.78 Å². The molecule has 6 aromatic rings. The van der Waals surface area contributed by atoms with E-state index in [1.807, 2.05) is 81.4 Å². The molecule has 0 spiro atoms. The number of fused-ring (bicyclic) bond motifs is 1. The molecule has 10 heteroatoms. The minimum absolute atomic E-state index is 0.0919. The average molecular weight is 663 g/mol. The first kappa shape index (κ1) is 32.7. The van der Waals surface area contributed by atoms with Crippen LogP contribution in [0.3, 0.4) is 0 Å². The molecule has 0 saturated carbocycles. The fourth-order valence-electron chi connectivity index (χ4n) is 6.43. The number of nitrogens with zero attached hydrogens (tertiary/aromatic N) is 3. The van der Waals surface area contributed by atoms with E-state index >= 15 is 8.78 Å². The highest BCUT2D eigenvalue weighted by molar-refractivity contribution is 7.00. The molecule has 244 valence electrons. The minimum Gasteiger partial charge on any atom is -0.533 e. The second kappa shape index (κ2) is 12.4. The quantitative estimate of drug-likeness (QED) is 0.190. The van der Waals surface area contributed by atoms with Gasteiger partial charge in [-0.3, -0.25) is 14.8 Å². The van der Waals surface area contributed by atoms with Crippen LogP contribution in [-0.4, -0.2) is 27.8 Å². The zero-order valence-electron chi connectivity index (χ0n) is 27.6. The summed E-state index contributed by atoms with van der Waals surface area (Å²) in [6.07, 6.45) is 1.64. The summed E-state index contributed by atoms with van der Waals surface area (Å²) >= 11 is 0. The number of H-pyrrole nitrogens is 1. The van der Waals surface area contributed by atoms with Crippen molar-refractivity contribution < 1.29 is 13.2 Å². The zero-order chi connectivity index (χ0) is 34.4. The van der Waals surface area contributed by atoms with E-state index in [4.69, 9.17) is 4.43 Å². The number of aryl methyl sites for hydroxylation is 1. The van der Waals surface area contributed by atoms with Gasteiger partial charge in [-0.05, 0) is 58.1 Å². The van der Waals surface area contributed by atoms with Crippen LogP contribution in [0.25, 0.3) is 28.0 Å². The van der Waals surface area contributed by atoms with Gasteiger partial charge in [-0.1, -0.05) is 101 Å². The third-order valence-corrected chi connectivity index (χ3v) is 13.6. The van der Waals surface area contributed by atoms with Crippen molar-refractivity contribution in [3.05, 3.63) is 141 Å². The highest BCUT2D eigenvalue weighted by Crippen LogP contribution is 2.42. The van der Waals surface area contributed by atoms with Crippen LogP contribution < -0.4 is 26.0 Å². The van der Waals surface area contributed by atoms with E-state index in [1.54, 1.807) is 18.3 Å². The topological polar surface area (TPSA) is 89.9 Å². The molecule has 3 aromatic carbocycles. The second-order valence-corrected chi connectivity index (χ2v) is 17.4. The molecule has 1 N–H and O–H groups in total. The highest BCUT2D eigenvalue weighted by Gasteiger charge is 2.52. The molecule has 0 saturated heterocycles. The van der Waals surface area contributed by atoms with Gasteiger partial charge in [0.05, 0.1) is 22.3 Å². The molecule has 3 heterocycles. The summed E-state index contributed by atoms with van der Waals surface area (Å²) in [5, 5.41) is 1.24. The van der Waals surface area contributed by atoms with Gasteiger partial charge in [0.2, 0.25) is 0 Å². The fourth-order valence-corrected chi connectivity index (χ4v) is 10.9. The van der Waals surface area contributed by atoms with Gasteiger partial charge in [0.1, 0.15) is 17.3 Å². The Morgan fingerprint density at radius 3 is 2.06 bits per heavy atom. The summed E-state index contributed by atoms with van der Waals surface area (Å²) in [6, 6.07) is 26.7. The van der Waals surface area contributed by atoms with E-state index in [9.17, 15) is 9.59 Å². The molecular weight excluding hydrogens is 627 g/mol. The SMILES string of the molecule is Cc1ccnc(C(C)C)c1-n1c(=O)[nH]c(=O)c2cc(F)c(-c3c(F)cccc3O[Si](c3ccccc3)(c3ccccc3)C(C)(C)C)nc21. The van der Waals surface area contributed by atoms with Crippen LogP contribution in [0.2, 0.25) is 5.04 Å². The van der Waals surface area contributed by atoms with Crippen LogP contribution in [-0.2, 0) is 0 Å². The van der Waals surface area contributed by atoms with Crippen molar-refractivity contribution in [1.82, 2.24) is 19.5 Å². The van der Waals surface area contributed by atoms with Gasteiger partial charge >= 0.3 is 14.0 Å². The van der Waals surface area contributed by atoms with Crippen molar-refractivity contribution >= 4 is 29.7 Å². The number of benzene rings is 3. The van der Waals surface area contributed by atoms with Crippen molar-refractivity contribution in [2.24, 2.45) is 0 Å². The average Bonchev–Trinajstić information content (AvgIpc) is 3.05. The van der Waals surface area contributed by atoms with Crippen LogP contribution in [0, 0.1) is 18.6 Å². The van der Waals surface area contributed by atoms with Gasteiger partial charge in [0.25, 0.3) is 5.56 Å². The fraction of sp³-hybridized carbons (Fsp3) is 0.211. The Morgan fingerprint density at radius 2 is 1.48 bits per heavy atom. The number of nitrogens with one attached hydrogen (secondary N) is 1. The molecule has 0 bridgehead atoms. The number of halogens is 2. The number of pyridine rings is 2. The van der Waals surface area contributed by atoms with Crippen molar-refractivity contribution in [2.75, 3.05) is 0 Å². The molecule has 0 aliphatic heterocycles. The Kier molecular flexibility index (Phi) is 8.47. The predicted octanol–water partition coefficient (Wildman–Crippen LogP) is 6.78. The number of hydrogen-bond donors (Lipinski definition) is 1. The summed E-state index contributed by atoms with van der Waals surface area (Å²) in [5.41, 5.74) is -0.616. The standard InChI is InChI=1S/C38H36F2N4O3Si/c1-23(2)32-34(24(3)20-21-41-32)44-35-27(36(45)43-37(44)46)22-29(40)33(42-35)31-28(39)18-13-19-30(31)47-48(38(4,5)6,25-14-9-7-10-15-25)26-16-11-8-12-17-26/h7-23H,1-6H3,(H,43,45,46). The molecule has 7 nitrogen and oxygen atoms in total. The molecule has 0 radical (unpaired) electrons. The van der Waals surface area contributed by atoms with Gasteiger partial charge in [0.15, 0.2) is 11.5 Å². The number of aromatic nitrogens is 4. The lowest BCUT2D eigenvalue weighted by molar-refractivity contribution is 0.503. The minimum atomic E-state index is -3.29. The lowest BCUT2D eigenvalue weighted by Gasteiger charge is -2.43. The lowest BCUT2D eigenvalue weighted by Crippen LogP contribution is -2.68. The molecule has 0 aliphatic carbocycles. The molecule has 0 unspecified atom stereocenters. The van der Waals surface area contributed by atoms with Crippen molar-refractivity contribution in [2.45, 2.75) is 52.5 Å². The molecule has 0 amide bonds. The molecular formula is C38H36F2N4O3Si. The van der Waals surface area contributed by atoms with Gasteiger partial charge in [-0.25, -0.2) is 23.1 Å². The van der Waals surface area contributed by atoms with Crippen LogP contribution in [0.15, 0.2) is 107 Å². The molecule has 48 heavy (non-hydrogen) atoms. The van der Waals surface area contributed by atoms with E-state index in [2.05, 4.69) is 35.7 Å². The molecule has 3 aromatic heterocycles. The highest BCUT2D eigenvalue weighted by atomic mass is 28.4. The molecule has 0 atom stereocenters. The maximum Gasteiger partial charge on any atom is 0.334 e. The first-order chi connectivity index (χ1) is 22.8. The Bertz CT molecular complexity index is 2220. The van der Waals surface area contributed by atoms with Gasteiger partial charge in [0, 0.05) is 6.20 Å². The summed E-state index contributed by atoms with van der Waals surface area (Å²) in [6.45, 7) is 11.9. The van der Waals surface area contributed by atoms with Crippen LogP contribution in [0.1, 0.15) is 51.8 Å². The Morgan fingerprint density at radius 1 is 0.854 bits per heavy atom. The Balaban J connectivity index is 1.67. The third kappa shape index (κ3) is 5.45. The largest absolute Gasteiger partial charge is 0.533 e. The van der Waals surface area contributed by atoms with E-state index < -0.39 is 36.2 Å². The Hall–Kier alpha value is -5.22. The van der Waals surface area contributed by atoms with Gasteiger partial charge < -0.3 is 4.43 Å². The van der Waals surface area contributed by atoms with Crippen molar-refractivity contribution in [1.29, 1.82) is 0 Å². The third-order valence-electron chi connectivity index (χ3n) is 8.65. The normalized spacial score (nSPS) is 12.1. The Labute approximate surface area is 278 Å². The van der Waals surface area contributed by atoms with E-state index in [-0.39, 0.29) is 34.0 Å². The van der Waals surface area contributed by atoms with E-state index in [0.29, 0.717) is 16.9 Å². The summed E-state index contributed by atoms with van der Waals surface area (Å²) < 4.78 is 40.8. The molecule has 0 fully saturated rings. The summed E-state index contributed by atoms with van der Waals surface area (Å²) in [7, 11) is -3.29. The number of hydrogen-bond acceptors (Lipinski definition) is 5. The second-order valence-electron chi connectivity index (χ2n) is 13.2. The predicted molar refractivity (Wildman–Crippen MR) is 188 cm³/mol. The van der Waals surface area contributed by atoms with Crippen LogP contribution in [0.5, 0.6) is 5.75 Å². The maximum atomic E-state index is 16.3. The summed E-state index contributed by atoms with van der Waals surface area (Å²) in [5.74, 6) is -1.72. The number of rotatable bonds is 7. The van der Waals surface area contributed by atoms with Gasteiger partial charge in [-0.2, -0.15) is 0 Å². The molecule has 0 aliphatic rings.